The Morgan fingerprint density at radius 1 is 1.21 bits per heavy atom. The number of benzene rings is 1. The summed E-state index contributed by atoms with van der Waals surface area (Å²) < 4.78 is 5.27. The van der Waals surface area contributed by atoms with Gasteiger partial charge in [-0.1, -0.05) is 18.2 Å². The first-order chi connectivity index (χ1) is 9.33. The number of halogens is 1. The Labute approximate surface area is 120 Å². The van der Waals surface area contributed by atoms with Gasteiger partial charge in [-0.15, -0.1) is 11.6 Å². The van der Waals surface area contributed by atoms with Crippen molar-refractivity contribution in [1.82, 2.24) is 4.90 Å². The zero-order valence-electron chi connectivity index (χ0n) is 11.4. The lowest BCUT2D eigenvalue weighted by Crippen LogP contribution is -2.46. The summed E-state index contributed by atoms with van der Waals surface area (Å²) in [5, 5.41) is 0. The summed E-state index contributed by atoms with van der Waals surface area (Å²) in [5.41, 5.74) is 1.25. The molecule has 0 radical (unpaired) electrons. The van der Waals surface area contributed by atoms with Crippen LogP contribution in [0.1, 0.15) is 0 Å². The van der Waals surface area contributed by atoms with Gasteiger partial charge in [0, 0.05) is 50.4 Å². The summed E-state index contributed by atoms with van der Waals surface area (Å²) in [6.45, 7) is 5.29. The van der Waals surface area contributed by atoms with Gasteiger partial charge < -0.3 is 9.64 Å². The van der Waals surface area contributed by atoms with Crippen molar-refractivity contribution in [2.24, 2.45) is 0 Å². The summed E-state index contributed by atoms with van der Waals surface area (Å²) in [4.78, 5) is 4.85. The number of piperazine rings is 1. The summed E-state index contributed by atoms with van der Waals surface area (Å²) in [7, 11) is 1.71. The Balaban J connectivity index is 1.87. The molecule has 104 valence electrons. The molecule has 0 unspecified atom stereocenters. The number of allylic oxidation sites excluding steroid dienone is 1. The Kier molecular flexibility index (Phi) is 5.55. The lowest BCUT2D eigenvalue weighted by atomic mass is 10.2. The number of hydrogen-bond donors (Lipinski definition) is 0. The van der Waals surface area contributed by atoms with Gasteiger partial charge in [0.05, 0.1) is 7.11 Å². The molecule has 0 amide bonds. The van der Waals surface area contributed by atoms with Gasteiger partial charge in [-0.05, 0) is 12.1 Å². The van der Waals surface area contributed by atoms with E-state index in [1.807, 2.05) is 18.2 Å². The number of methoxy groups -OCH3 is 1. The largest absolute Gasteiger partial charge is 0.497 e. The molecule has 1 fully saturated rings. The van der Waals surface area contributed by atoms with Crippen molar-refractivity contribution in [2.75, 3.05) is 50.6 Å². The molecular formula is C15H21ClN2O. The minimum atomic E-state index is 0.601. The van der Waals surface area contributed by atoms with E-state index in [4.69, 9.17) is 16.3 Å². The van der Waals surface area contributed by atoms with Gasteiger partial charge in [-0.3, -0.25) is 4.90 Å². The maximum Gasteiger partial charge on any atom is 0.120 e. The normalized spacial score (nSPS) is 17.1. The first-order valence-electron chi connectivity index (χ1n) is 6.66. The Morgan fingerprint density at radius 2 is 2.00 bits per heavy atom. The van der Waals surface area contributed by atoms with Crippen molar-refractivity contribution in [3.05, 3.63) is 36.4 Å². The number of alkyl halides is 1. The van der Waals surface area contributed by atoms with Crippen LogP contribution in [0.3, 0.4) is 0 Å². The monoisotopic (exact) mass is 280 g/mol. The zero-order chi connectivity index (χ0) is 13.5. The summed E-state index contributed by atoms with van der Waals surface area (Å²) in [6.07, 6.45) is 4.16. The molecule has 0 atom stereocenters. The van der Waals surface area contributed by atoms with Gasteiger partial charge in [0.25, 0.3) is 0 Å². The summed E-state index contributed by atoms with van der Waals surface area (Å²) in [5.74, 6) is 1.52. The van der Waals surface area contributed by atoms with E-state index in [2.05, 4.69) is 28.0 Å². The molecule has 0 saturated carbocycles. The summed E-state index contributed by atoms with van der Waals surface area (Å²) in [6, 6.07) is 8.27. The van der Waals surface area contributed by atoms with Crippen LogP contribution in [0.15, 0.2) is 36.4 Å². The third kappa shape index (κ3) is 4.15. The molecule has 1 aliphatic heterocycles. The second-order valence-electron chi connectivity index (χ2n) is 4.61. The van der Waals surface area contributed by atoms with Crippen LogP contribution in [0.2, 0.25) is 0 Å². The van der Waals surface area contributed by atoms with E-state index < -0.39 is 0 Å². The third-order valence-electron chi connectivity index (χ3n) is 3.41. The molecule has 3 nitrogen and oxygen atoms in total. The predicted molar refractivity (Wildman–Crippen MR) is 81.5 cm³/mol. The predicted octanol–water partition coefficient (Wildman–Crippen LogP) is 2.61. The second-order valence-corrected chi connectivity index (χ2v) is 4.92. The van der Waals surface area contributed by atoms with E-state index in [-0.39, 0.29) is 0 Å². The molecule has 1 aromatic rings. The van der Waals surface area contributed by atoms with Crippen LogP contribution in [0.5, 0.6) is 5.75 Å². The topological polar surface area (TPSA) is 15.7 Å². The van der Waals surface area contributed by atoms with Crippen LogP contribution in [-0.2, 0) is 0 Å². The molecule has 1 aromatic carbocycles. The molecule has 1 aliphatic rings. The molecule has 0 bridgehead atoms. The van der Waals surface area contributed by atoms with E-state index in [9.17, 15) is 0 Å². The van der Waals surface area contributed by atoms with Gasteiger partial charge in [0.2, 0.25) is 0 Å². The molecule has 0 N–H and O–H groups in total. The lowest BCUT2D eigenvalue weighted by molar-refractivity contribution is 0.284. The smallest absolute Gasteiger partial charge is 0.120 e. The van der Waals surface area contributed by atoms with E-state index >= 15 is 0 Å². The number of rotatable bonds is 5. The first-order valence-corrected chi connectivity index (χ1v) is 7.19. The first kappa shape index (κ1) is 14.2. The van der Waals surface area contributed by atoms with Crippen molar-refractivity contribution >= 4 is 17.3 Å². The number of ether oxygens (including phenoxy) is 1. The van der Waals surface area contributed by atoms with Crippen LogP contribution < -0.4 is 9.64 Å². The Bertz CT molecular complexity index is 414. The molecule has 19 heavy (non-hydrogen) atoms. The average molecular weight is 281 g/mol. The van der Waals surface area contributed by atoms with Crippen molar-refractivity contribution in [3.63, 3.8) is 0 Å². The maximum absolute atomic E-state index is 5.63. The molecular weight excluding hydrogens is 260 g/mol. The van der Waals surface area contributed by atoms with E-state index in [1.54, 1.807) is 7.11 Å². The molecule has 0 spiro atoms. The van der Waals surface area contributed by atoms with Crippen LogP contribution in [0.25, 0.3) is 0 Å². The summed E-state index contributed by atoms with van der Waals surface area (Å²) >= 11 is 5.63. The molecule has 0 aromatic heterocycles. The number of nitrogens with zero attached hydrogens (tertiary/aromatic N) is 2. The highest BCUT2D eigenvalue weighted by Crippen LogP contribution is 2.21. The minimum Gasteiger partial charge on any atom is -0.497 e. The van der Waals surface area contributed by atoms with Crippen LogP contribution in [0, 0.1) is 0 Å². The van der Waals surface area contributed by atoms with Crippen LogP contribution in [0.4, 0.5) is 5.69 Å². The molecule has 4 heteroatoms. The zero-order valence-corrected chi connectivity index (χ0v) is 12.1. The van der Waals surface area contributed by atoms with Gasteiger partial charge in [0.1, 0.15) is 5.75 Å². The van der Waals surface area contributed by atoms with Gasteiger partial charge in [-0.2, -0.15) is 0 Å². The van der Waals surface area contributed by atoms with Crippen molar-refractivity contribution in [1.29, 1.82) is 0 Å². The quantitative estimate of drug-likeness (QED) is 0.609. The van der Waals surface area contributed by atoms with E-state index in [0.29, 0.717) is 5.88 Å². The van der Waals surface area contributed by atoms with E-state index in [1.165, 1.54) is 5.69 Å². The molecule has 1 heterocycles. The highest BCUT2D eigenvalue weighted by Gasteiger charge is 2.16. The number of anilines is 1. The standard InChI is InChI=1S/C15H21ClN2O/c1-19-15-6-4-5-14(13-15)18-11-9-17(10-12-18)8-3-2-7-16/h2-6,13H,7-12H2,1H3. The SMILES string of the molecule is COc1cccc(N2CCN(CC=CCCl)CC2)c1. The van der Waals surface area contributed by atoms with Crippen molar-refractivity contribution < 1.29 is 4.74 Å². The maximum atomic E-state index is 5.63. The molecule has 2 rings (SSSR count). The molecule has 1 saturated heterocycles. The van der Waals surface area contributed by atoms with E-state index in [0.717, 1.165) is 38.5 Å². The fourth-order valence-corrected chi connectivity index (χ4v) is 2.41. The number of hydrogen-bond acceptors (Lipinski definition) is 3. The van der Waals surface area contributed by atoms with Gasteiger partial charge >= 0.3 is 0 Å². The highest BCUT2D eigenvalue weighted by atomic mass is 35.5. The van der Waals surface area contributed by atoms with Gasteiger partial charge in [-0.25, -0.2) is 0 Å². The highest BCUT2D eigenvalue weighted by molar-refractivity contribution is 6.18. The van der Waals surface area contributed by atoms with Crippen LogP contribution >= 0.6 is 11.6 Å². The Morgan fingerprint density at radius 3 is 2.68 bits per heavy atom. The fourth-order valence-electron chi connectivity index (χ4n) is 2.28. The van der Waals surface area contributed by atoms with Crippen molar-refractivity contribution in [3.8, 4) is 5.75 Å². The fraction of sp³-hybridized carbons (Fsp3) is 0.467. The minimum absolute atomic E-state index is 0.601. The van der Waals surface area contributed by atoms with Gasteiger partial charge in [0.15, 0.2) is 0 Å². The average Bonchev–Trinajstić information content (AvgIpc) is 2.48. The Hall–Kier alpha value is -1.19. The molecule has 0 aliphatic carbocycles. The second kappa shape index (κ2) is 7.41. The lowest BCUT2D eigenvalue weighted by Gasteiger charge is -2.35. The van der Waals surface area contributed by atoms with Crippen molar-refractivity contribution in [2.45, 2.75) is 0 Å². The van der Waals surface area contributed by atoms with Crippen LogP contribution in [-0.4, -0.2) is 50.6 Å². The third-order valence-corrected chi connectivity index (χ3v) is 3.59.